The maximum atomic E-state index is 11.5. The van der Waals surface area contributed by atoms with Crippen LogP contribution in [-0.2, 0) is 9.53 Å². The first-order valence-corrected chi connectivity index (χ1v) is 6.54. The molecule has 0 N–H and O–H groups in total. The Morgan fingerprint density at radius 3 is 2.75 bits per heavy atom. The lowest BCUT2D eigenvalue weighted by Crippen LogP contribution is -2.19. The van der Waals surface area contributed by atoms with Gasteiger partial charge in [-0.15, -0.1) is 0 Å². The molecule has 1 heterocycles. The van der Waals surface area contributed by atoms with E-state index in [-0.39, 0.29) is 25.5 Å². The smallest absolute Gasteiger partial charge is 0.306 e. The van der Waals surface area contributed by atoms with Crippen LogP contribution < -0.4 is 0 Å². The summed E-state index contributed by atoms with van der Waals surface area (Å²) in [7, 11) is 0. The molecule has 20 heavy (non-hydrogen) atoms. The van der Waals surface area contributed by atoms with E-state index in [2.05, 4.69) is 9.97 Å². The van der Waals surface area contributed by atoms with Gasteiger partial charge in [-0.2, -0.15) is 0 Å². The molecule has 0 amide bonds. The molecular formula is C13H19N3O4. The fourth-order valence-electron chi connectivity index (χ4n) is 1.76. The van der Waals surface area contributed by atoms with Crippen LogP contribution in [0.1, 0.15) is 50.5 Å². The number of hydrogen-bond acceptors (Lipinski definition) is 6. The van der Waals surface area contributed by atoms with Gasteiger partial charge in [-0.05, 0) is 13.0 Å². The summed E-state index contributed by atoms with van der Waals surface area (Å²) in [6.45, 7) is 5.47. The van der Waals surface area contributed by atoms with Crippen molar-refractivity contribution in [1.29, 1.82) is 0 Å². The number of carbonyl (C=O) groups excluding carboxylic acids is 1. The van der Waals surface area contributed by atoms with Crippen LogP contribution in [-0.4, -0.2) is 34.0 Å². The van der Waals surface area contributed by atoms with Crippen molar-refractivity contribution in [3.63, 3.8) is 0 Å². The maximum Gasteiger partial charge on any atom is 0.306 e. The molecule has 0 aliphatic carbocycles. The number of nitro groups is 1. The van der Waals surface area contributed by atoms with Crippen molar-refractivity contribution in [2.24, 2.45) is 0 Å². The summed E-state index contributed by atoms with van der Waals surface area (Å²) in [5.41, 5.74) is 0.508. The van der Waals surface area contributed by atoms with Crippen LogP contribution in [0.15, 0.2) is 12.3 Å². The highest BCUT2D eigenvalue weighted by molar-refractivity contribution is 5.70. The third-order valence-electron chi connectivity index (χ3n) is 2.72. The van der Waals surface area contributed by atoms with E-state index in [1.54, 1.807) is 19.2 Å². The molecule has 0 fully saturated rings. The molecule has 0 saturated carbocycles. The molecule has 7 nitrogen and oxygen atoms in total. The first-order valence-electron chi connectivity index (χ1n) is 6.54. The van der Waals surface area contributed by atoms with Crippen molar-refractivity contribution in [2.45, 2.75) is 39.0 Å². The van der Waals surface area contributed by atoms with Gasteiger partial charge in [-0.1, -0.05) is 13.8 Å². The van der Waals surface area contributed by atoms with Crippen LogP contribution in [0.3, 0.4) is 0 Å². The Balaban J connectivity index is 2.94. The van der Waals surface area contributed by atoms with Gasteiger partial charge >= 0.3 is 5.97 Å². The molecule has 1 aromatic rings. The SMILES string of the molecule is CCOC(=O)CC(C[N+](=O)[O-])c1ccnc(C(C)C)n1. The summed E-state index contributed by atoms with van der Waals surface area (Å²) in [5, 5.41) is 10.8. The first kappa shape index (κ1) is 16.0. The Morgan fingerprint density at radius 1 is 1.50 bits per heavy atom. The molecule has 0 aromatic carbocycles. The molecular weight excluding hydrogens is 262 g/mol. The van der Waals surface area contributed by atoms with E-state index in [4.69, 9.17) is 4.74 Å². The monoisotopic (exact) mass is 281 g/mol. The zero-order chi connectivity index (χ0) is 15.1. The minimum atomic E-state index is -0.593. The van der Waals surface area contributed by atoms with Crippen LogP contribution >= 0.6 is 0 Å². The largest absolute Gasteiger partial charge is 0.466 e. The van der Waals surface area contributed by atoms with Gasteiger partial charge in [-0.3, -0.25) is 14.9 Å². The summed E-state index contributed by atoms with van der Waals surface area (Å²) < 4.78 is 4.85. The van der Waals surface area contributed by atoms with Crippen LogP contribution in [0.4, 0.5) is 0 Å². The lowest BCUT2D eigenvalue weighted by Gasteiger charge is -2.13. The molecule has 0 aliphatic heterocycles. The summed E-state index contributed by atoms with van der Waals surface area (Å²) in [4.78, 5) is 30.3. The fraction of sp³-hybridized carbons (Fsp3) is 0.615. The molecule has 0 aliphatic rings. The first-order chi connectivity index (χ1) is 9.43. The number of hydrogen-bond donors (Lipinski definition) is 0. The minimum Gasteiger partial charge on any atom is -0.466 e. The quantitative estimate of drug-likeness (QED) is 0.430. The average Bonchev–Trinajstić information content (AvgIpc) is 2.38. The summed E-state index contributed by atoms with van der Waals surface area (Å²) in [6.07, 6.45) is 1.51. The lowest BCUT2D eigenvalue weighted by atomic mass is 10.0. The van der Waals surface area contributed by atoms with E-state index in [9.17, 15) is 14.9 Å². The third kappa shape index (κ3) is 4.91. The second kappa shape index (κ2) is 7.52. The fourth-order valence-corrected chi connectivity index (χ4v) is 1.76. The van der Waals surface area contributed by atoms with Crippen LogP contribution in [0.25, 0.3) is 0 Å². The zero-order valence-corrected chi connectivity index (χ0v) is 11.9. The minimum absolute atomic E-state index is 0.0522. The highest BCUT2D eigenvalue weighted by atomic mass is 16.6. The Labute approximate surface area is 117 Å². The van der Waals surface area contributed by atoms with Crippen molar-refractivity contribution < 1.29 is 14.5 Å². The standard InChI is InChI=1S/C13H19N3O4/c1-4-20-12(17)7-10(8-16(18)19)11-5-6-14-13(15-11)9(2)3/h5-6,9-10H,4,7-8H2,1-3H3. The van der Waals surface area contributed by atoms with Gasteiger partial charge in [0.2, 0.25) is 6.54 Å². The summed E-state index contributed by atoms with van der Waals surface area (Å²) in [6, 6.07) is 1.61. The van der Waals surface area contributed by atoms with E-state index in [1.165, 1.54) is 0 Å². The molecule has 0 radical (unpaired) electrons. The van der Waals surface area contributed by atoms with Crippen molar-refractivity contribution >= 4 is 5.97 Å². The van der Waals surface area contributed by atoms with Gasteiger partial charge in [0.1, 0.15) is 5.82 Å². The maximum absolute atomic E-state index is 11.5. The van der Waals surface area contributed by atoms with Gasteiger partial charge in [0, 0.05) is 17.0 Å². The van der Waals surface area contributed by atoms with E-state index in [1.807, 2.05) is 13.8 Å². The number of esters is 1. The Morgan fingerprint density at radius 2 is 2.20 bits per heavy atom. The molecule has 1 atom stereocenters. The topological polar surface area (TPSA) is 95.2 Å². The number of ether oxygens (including phenoxy) is 1. The molecule has 1 unspecified atom stereocenters. The Bertz CT molecular complexity index is 476. The second-order valence-electron chi connectivity index (χ2n) is 4.72. The van der Waals surface area contributed by atoms with E-state index < -0.39 is 16.8 Å². The van der Waals surface area contributed by atoms with Crippen molar-refractivity contribution in [3.05, 3.63) is 33.9 Å². The highest BCUT2D eigenvalue weighted by Gasteiger charge is 2.24. The lowest BCUT2D eigenvalue weighted by molar-refractivity contribution is -0.483. The van der Waals surface area contributed by atoms with Crippen molar-refractivity contribution in [2.75, 3.05) is 13.2 Å². The van der Waals surface area contributed by atoms with Gasteiger partial charge in [0.05, 0.1) is 24.6 Å². The summed E-state index contributed by atoms with van der Waals surface area (Å²) in [5.74, 6) is -0.317. The summed E-state index contributed by atoms with van der Waals surface area (Å²) >= 11 is 0. The molecule has 110 valence electrons. The van der Waals surface area contributed by atoms with Crippen LogP contribution in [0.2, 0.25) is 0 Å². The predicted molar refractivity (Wildman–Crippen MR) is 72.0 cm³/mol. The molecule has 1 rings (SSSR count). The number of nitrogens with zero attached hydrogens (tertiary/aromatic N) is 3. The van der Waals surface area contributed by atoms with E-state index in [0.29, 0.717) is 11.5 Å². The van der Waals surface area contributed by atoms with Crippen LogP contribution in [0.5, 0.6) is 0 Å². The normalized spacial score (nSPS) is 12.2. The Hall–Kier alpha value is -2.05. The molecule has 7 heteroatoms. The van der Waals surface area contributed by atoms with E-state index in [0.717, 1.165) is 0 Å². The second-order valence-corrected chi connectivity index (χ2v) is 4.72. The van der Waals surface area contributed by atoms with Crippen LogP contribution in [0, 0.1) is 10.1 Å². The van der Waals surface area contributed by atoms with E-state index >= 15 is 0 Å². The number of carbonyl (C=O) groups is 1. The molecule has 0 saturated heterocycles. The van der Waals surface area contributed by atoms with Gasteiger partial charge in [0.15, 0.2) is 0 Å². The van der Waals surface area contributed by atoms with Gasteiger partial charge < -0.3 is 4.74 Å². The average molecular weight is 281 g/mol. The van der Waals surface area contributed by atoms with Crippen molar-refractivity contribution in [1.82, 2.24) is 9.97 Å². The van der Waals surface area contributed by atoms with Gasteiger partial charge in [0.25, 0.3) is 0 Å². The molecule has 0 bridgehead atoms. The third-order valence-corrected chi connectivity index (χ3v) is 2.72. The van der Waals surface area contributed by atoms with Crippen molar-refractivity contribution in [3.8, 4) is 0 Å². The molecule has 0 spiro atoms. The number of rotatable bonds is 7. The Kier molecular flexibility index (Phi) is 6.02. The zero-order valence-electron chi connectivity index (χ0n) is 11.9. The predicted octanol–water partition coefficient (Wildman–Crippen LogP) is 1.91. The highest BCUT2D eigenvalue weighted by Crippen LogP contribution is 2.20. The van der Waals surface area contributed by atoms with Gasteiger partial charge in [-0.25, -0.2) is 9.97 Å². The molecule has 1 aromatic heterocycles. The number of aromatic nitrogens is 2.